The van der Waals surface area contributed by atoms with Crippen LogP contribution >= 0.6 is 23.2 Å². The molecule has 1 atom stereocenters. The molecule has 0 radical (unpaired) electrons. The van der Waals surface area contributed by atoms with Crippen molar-refractivity contribution in [2.45, 2.75) is 12.8 Å². The molecule has 18 heavy (non-hydrogen) atoms. The van der Waals surface area contributed by atoms with Crippen LogP contribution in [0.3, 0.4) is 0 Å². The zero-order valence-electron chi connectivity index (χ0n) is 10.0. The molecule has 0 N–H and O–H groups in total. The lowest BCUT2D eigenvalue weighted by molar-refractivity contribution is -0.145. The molecule has 1 saturated heterocycles. The molecule has 4 nitrogen and oxygen atoms in total. The fraction of sp³-hybridized carbons (Fsp3) is 0.500. The van der Waals surface area contributed by atoms with Crippen LogP contribution in [0.1, 0.15) is 12.8 Å². The third kappa shape index (κ3) is 2.87. The molecule has 0 aromatic carbocycles. The maximum atomic E-state index is 11.6. The Bertz CT molecular complexity index is 454. The summed E-state index contributed by atoms with van der Waals surface area (Å²) in [5.41, 5.74) is 0. The Morgan fingerprint density at radius 2 is 2.33 bits per heavy atom. The highest BCUT2D eigenvalue weighted by atomic mass is 35.5. The summed E-state index contributed by atoms with van der Waals surface area (Å²) in [4.78, 5) is 17.8. The van der Waals surface area contributed by atoms with E-state index in [1.165, 1.54) is 7.11 Å². The van der Waals surface area contributed by atoms with Gasteiger partial charge in [-0.15, -0.1) is 0 Å². The molecule has 2 rings (SSSR count). The average Bonchev–Trinajstić information content (AvgIpc) is 2.38. The lowest BCUT2D eigenvalue weighted by Gasteiger charge is -2.32. The molecule has 0 saturated carbocycles. The van der Waals surface area contributed by atoms with E-state index in [-0.39, 0.29) is 11.9 Å². The average molecular weight is 289 g/mol. The van der Waals surface area contributed by atoms with Crippen molar-refractivity contribution in [2.24, 2.45) is 5.92 Å². The van der Waals surface area contributed by atoms with E-state index in [1.807, 2.05) is 4.90 Å². The highest BCUT2D eigenvalue weighted by Gasteiger charge is 2.28. The second kappa shape index (κ2) is 5.76. The second-order valence-electron chi connectivity index (χ2n) is 4.27. The van der Waals surface area contributed by atoms with Crippen LogP contribution in [0.5, 0.6) is 0 Å². The van der Waals surface area contributed by atoms with Crippen LogP contribution in [0.2, 0.25) is 10.0 Å². The largest absolute Gasteiger partial charge is 0.469 e. The van der Waals surface area contributed by atoms with E-state index in [0.29, 0.717) is 22.4 Å². The van der Waals surface area contributed by atoms with Gasteiger partial charge in [-0.05, 0) is 18.9 Å². The van der Waals surface area contributed by atoms with Crippen molar-refractivity contribution < 1.29 is 9.53 Å². The van der Waals surface area contributed by atoms with E-state index in [9.17, 15) is 4.79 Å². The van der Waals surface area contributed by atoms with Gasteiger partial charge in [-0.3, -0.25) is 4.79 Å². The Morgan fingerprint density at radius 3 is 3.00 bits per heavy atom. The van der Waals surface area contributed by atoms with Crippen molar-refractivity contribution in [1.29, 1.82) is 0 Å². The number of esters is 1. The van der Waals surface area contributed by atoms with E-state index in [2.05, 4.69) is 4.98 Å². The van der Waals surface area contributed by atoms with Gasteiger partial charge in [0, 0.05) is 19.3 Å². The first-order chi connectivity index (χ1) is 8.61. The van der Waals surface area contributed by atoms with Gasteiger partial charge in [0.15, 0.2) is 0 Å². The number of carbonyl (C=O) groups is 1. The minimum atomic E-state index is -0.176. The lowest BCUT2D eigenvalue weighted by Crippen LogP contribution is -2.39. The fourth-order valence-electron chi connectivity index (χ4n) is 2.17. The van der Waals surface area contributed by atoms with Crippen molar-refractivity contribution in [3.63, 3.8) is 0 Å². The molecule has 1 aliphatic heterocycles. The van der Waals surface area contributed by atoms with Crippen LogP contribution in [0, 0.1) is 5.92 Å². The maximum Gasteiger partial charge on any atom is 0.310 e. The lowest BCUT2D eigenvalue weighted by atomic mass is 9.98. The van der Waals surface area contributed by atoms with E-state index in [1.54, 1.807) is 12.3 Å². The monoisotopic (exact) mass is 288 g/mol. The van der Waals surface area contributed by atoms with Crippen LogP contribution < -0.4 is 4.90 Å². The highest BCUT2D eigenvalue weighted by molar-refractivity contribution is 6.36. The summed E-state index contributed by atoms with van der Waals surface area (Å²) < 4.78 is 4.78. The molecule has 1 aliphatic rings. The summed E-state index contributed by atoms with van der Waals surface area (Å²) in [6.07, 6.45) is 3.32. The number of rotatable bonds is 2. The molecular weight excluding hydrogens is 275 g/mol. The van der Waals surface area contributed by atoms with Gasteiger partial charge in [0.05, 0.1) is 23.1 Å². The number of methoxy groups -OCH3 is 1. The smallest absolute Gasteiger partial charge is 0.310 e. The molecule has 0 aliphatic carbocycles. The number of anilines is 1. The standard InChI is InChI=1S/C12H14Cl2N2O2/c1-18-12(17)8-3-2-4-16(7-8)11-10(14)5-9(13)6-15-11/h5-6,8H,2-4,7H2,1H3. The van der Waals surface area contributed by atoms with Gasteiger partial charge in [0.2, 0.25) is 0 Å². The molecule has 0 bridgehead atoms. The predicted molar refractivity (Wildman–Crippen MR) is 71.2 cm³/mol. The Kier molecular flexibility index (Phi) is 4.30. The van der Waals surface area contributed by atoms with Gasteiger partial charge in [-0.1, -0.05) is 23.2 Å². The Morgan fingerprint density at radius 1 is 1.56 bits per heavy atom. The first-order valence-electron chi connectivity index (χ1n) is 5.75. The SMILES string of the molecule is COC(=O)C1CCCN(c2ncc(Cl)cc2Cl)C1. The van der Waals surface area contributed by atoms with Crippen molar-refractivity contribution in [3.8, 4) is 0 Å². The van der Waals surface area contributed by atoms with Crippen LogP contribution in [0.4, 0.5) is 5.82 Å². The number of ether oxygens (including phenoxy) is 1. The predicted octanol–water partition coefficient (Wildman–Crippen LogP) is 2.78. The molecule has 98 valence electrons. The Labute approximate surface area is 116 Å². The summed E-state index contributed by atoms with van der Waals surface area (Å²) in [6.45, 7) is 1.42. The molecule has 2 heterocycles. The fourth-order valence-corrected chi connectivity index (χ4v) is 2.67. The second-order valence-corrected chi connectivity index (χ2v) is 5.11. The molecule has 0 spiro atoms. The number of halogens is 2. The van der Waals surface area contributed by atoms with E-state index < -0.39 is 0 Å². The van der Waals surface area contributed by atoms with Gasteiger partial charge < -0.3 is 9.64 Å². The van der Waals surface area contributed by atoms with Gasteiger partial charge >= 0.3 is 5.97 Å². The first kappa shape index (κ1) is 13.4. The molecule has 1 fully saturated rings. The number of hydrogen-bond acceptors (Lipinski definition) is 4. The van der Waals surface area contributed by atoms with Gasteiger partial charge in [-0.2, -0.15) is 0 Å². The minimum absolute atomic E-state index is 0.114. The maximum absolute atomic E-state index is 11.6. The molecule has 1 aromatic rings. The summed E-state index contributed by atoms with van der Waals surface area (Å²) in [5, 5.41) is 1.01. The summed E-state index contributed by atoms with van der Waals surface area (Å²) in [5.74, 6) is 0.386. The van der Waals surface area contributed by atoms with Gasteiger partial charge in [-0.25, -0.2) is 4.98 Å². The van der Waals surface area contributed by atoms with Crippen LogP contribution in [-0.2, 0) is 9.53 Å². The third-order valence-electron chi connectivity index (χ3n) is 3.04. The van der Waals surface area contributed by atoms with Crippen molar-refractivity contribution in [2.75, 3.05) is 25.1 Å². The molecule has 6 heteroatoms. The molecule has 1 aromatic heterocycles. The quantitative estimate of drug-likeness (QED) is 0.785. The zero-order chi connectivity index (χ0) is 13.1. The van der Waals surface area contributed by atoms with Crippen LogP contribution in [0.15, 0.2) is 12.3 Å². The van der Waals surface area contributed by atoms with Crippen molar-refractivity contribution in [3.05, 3.63) is 22.3 Å². The molecule has 0 amide bonds. The molecular formula is C12H14Cl2N2O2. The number of aromatic nitrogens is 1. The zero-order valence-corrected chi connectivity index (χ0v) is 11.5. The number of piperidine rings is 1. The van der Waals surface area contributed by atoms with Gasteiger partial charge in [0.25, 0.3) is 0 Å². The van der Waals surface area contributed by atoms with Crippen LogP contribution in [-0.4, -0.2) is 31.2 Å². The number of pyridine rings is 1. The number of hydrogen-bond donors (Lipinski definition) is 0. The first-order valence-corrected chi connectivity index (χ1v) is 6.51. The highest BCUT2D eigenvalue weighted by Crippen LogP contribution is 2.29. The van der Waals surface area contributed by atoms with E-state index in [4.69, 9.17) is 27.9 Å². The van der Waals surface area contributed by atoms with Crippen molar-refractivity contribution in [1.82, 2.24) is 4.98 Å². The van der Waals surface area contributed by atoms with Crippen molar-refractivity contribution >= 4 is 35.0 Å². The number of nitrogens with zero attached hydrogens (tertiary/aromatic N) is 2. The summed E-state index contributed by atoms with van der Waals surface area (Å²) >= 11 is 11.9. The van der Waals surface area contributed by atoms with Gasteiger partial charge in [0.1, 0.15) is 5.82 Å². The number of carbonyl (C=O) groups excluding carboxylic acids is 1. The third-order valence-corrected chi connectivity index (χ3v) is 3.53. The normalized spacial score (nSPS) is 19.7. The topological polar surface area (TPSA) is 42.4 Å². The Balaban J connectivity index is 2.15. The van der Waals surface area contributed by atoms with E-state index >= 15 is 0 Å². The summed E-state index contributed by atoms with van der Waals surface area (Å²) in [7, 11) is 1.41. The van der Waals surface area contributed by atoms with Crippen LogP contribution in [0.25, 0.3) is 0 Å². The molecule has 1 unspecified atom stereocenters. The Hall–Kier alpha value is -1.000. The summed E-state index contributed by atoms with van der Waals surface area (Å²) in [6, 6.07) is 1.66. The minimum Gasteiger partial charge on any atom is -0.469 e. The van der Waals surface area contributed by atoms with E-state index in [0.717, 1.165) is 19.4 Å².